The van der Waals surface area contributed by atoms with Crippen molar-refractivity contribution in [3.63, 3.8) is 0 Å². The Bertz CT molecular complexity index is 1440. The Morgan fingerprint density at radius 1 is 1.28 bits per heavy atom. The number of nitrogens with one attached hydrogen (secondary N) is 1. The van der Waals surface area contributed by atoms with Crippen molar-refractivity contribution < 1.29 is 9.90 Å². The lowest BCUT2D eigenvalue weighted by atomic mass is 10.2. The molecule has 14 heteroatoms. The molecule has 5 rings (SSSR count). The summed E-state index contributed by atoms with van der Waals surface area (Å²) in [7, 11) is 1.74. The van der Waals surface area contributed by atoms with Gasteiger partial charge in [-0.05, 0) is 13.0 Å². The molecule has 5 aromatic heterocycles. The minimum atomic E-state index is -0.676. The third-order valence-corrected chi connectivity index (χ3v) is 5.03. The minimum Gasteiger partial charge on any atom is -0.504 e. The van der Waals surface area contributed by atoms with Gasteiger partial charge in [-0.15, -0.1) is 5.10 Å². The van der Waals surface area contributed by atoms with Gasteiger partial charge >= 0.3 is 0 Å². The summed E-state index contributed by atoms with van der Waals surface area (Å²) >= 11 is 0. The Balaban J connectivity index is 1.57. The number of aryl methyl sites for hydroxylation is 4. The molecule has 0 saturated carbocycles. The molecule has 1 amide bonds. The van der Waals surface area contributed by atoms with Crippen LogP contribution in [0, 0.1) is 6.92 Å². The number of hydrogen-bond donors (Lipinski definition) is 3. The van der Waals surface area contributed by atoms with Crippen LogP contribution in [0.15, 0.2) is 24.7 Å². The van der Waals surface area contributed by atoms with E-state index in [9.17, 15) is 9.90 Å². The summed E-state index contributed by atoms with van der Waals surface area (Å²) in [5.41, 5.74) is 7.33. The van der Waals surface area contributed by atoms with Crippen LogP contribution in [0.2, 0.25) is 0 Å². The summed E-state index contributed by atoms with van der Waals surface area (Å²) in [6.45, 7) is 2.60. The van der Waals surface area contributed by atoms with Gasteiger partial charge in [-0.1, -0.05) is 5.21 Å². The summed E-state index contributed by atoms with van der Waals surface area (Å²) < 4.78 is 4.88. The molecule has 0 atom stereocenters. The van der Waals surface area contributed by atoms with E-state index in [0.29, 0.717) is 46.9 Å². The van der Waals surface area contributed by atoms with Gasteiger partial charge in [0.05, 0.1) is 31.0 Å². The highest BCUT2D eigenvalue weighted by Gasteiger charge is 2.22. The molecule has 0 bridgehead atoms. The first-order chi connectivity index (χ1) is 15.4. The van der Waals surface area contributed by atoms with E-state index >= 15 is 0 Å². The summed E-state index contributed by atoms with van der Waals surface area (Å²) in [6.07, 6.45) is 4.93. The number of amides is 1. The fraction of sp³-hybridized carbons (Fsp3) is 0.222. The molecule has 0 aliphatic carbocycles. The molecule has 0 saturated heterocycles. The number of aromatic hydroxyl groups is 1. The monoisotopic (exact) mass is 434 g/mol. The zero-order valence-electron chi connectivity index (χ0n) is 17.1. The van der Waals surface area contributed by atoms with E-state index in [-0.39, 0.29) is 17.3 Å². The van der Waals surface area contributed by atoms with Crippen molar-refractivity contribution >= 4 is 16.8 Å². The number of rotatable bonds is 6. The highest BCUT2D eigenvalue weighted by Crippen LogP contribution is 2.32. The Hall–Kier alpha value is -4.62. The van der Waals surface area contributed by atoms with Crippen LogP contribution in [0.4, 0.5) is 0 Å². The lowest BCUT2D eigenvalue weighted by Gasteiger charge is -2.05. The first-order valence-electron chi connectivity index (χ1n) is 9.58. The van der Waals surface area contributed by atoms with E-state index in [1.165, 1.54) is 0 Å². The number of hydrogen-bond acceptors (Lipinski definition) is 9. The van der Waals surface area contributed by atoms with Crippen molar-refractivity contribution in [3.05, 3.63) is 36.0 Å². The normalized spacial score (nSPS) is 11.4. The van der Waals surface area contributed by atoms with Crippen LogP contribution in [0.25, 0.3) is 33.9 Å². The molecule has 0 radical (unpaired) electrons. The lowest BCUT2D eigenvalue weighted by Crippen LogP contribution is -2.13. The second-order valence-corrected chi connectivity index (χ2v) is 7.10. The van der Waals surface area contributed by atoms with E-state index in [1.807, 2.05) is 0 Å². The molecule has 0 fully saturated rings. The first-order valence-corrected chi connectivity index (χ1v) is 9.58. The molecular formula is C18H18N12O2. The van der Waals surface area contributed by atoms with Crippen molar-refractivity contribution in [3.8, 4) is 28.8 Å². The lowest BCUT2D eigenvalue weighted by molar-refractivity contribution is 0.0996. The number of carbonyl (C=O) groups is 1. The maximum absolute atomic E-state index is 11.8. The molecule has 0 aliphatic rings. The fourth-order valence-electron chi connectivity index (χ4n) is 3.43. The predicted octanol–water partition coefficient (Wildman–Crippen LogP) is 0.0215. The number of H-pyrrole nitrogens is 1. The zero-order valence-corrected chi connectivity index (χ0v) is 17.1. The molecule has 32 heavy (non-hydrogen) atoms. The minimum absolute atomic E-state index is 0.0170. The van der Waals surface area contributed by atoms with E-state index in [0.717, 1.165) is 0 Å². The van der Waals surface area contributed by atoms with E-state index in [2.05, 4.69) is 40.7 Å². The molecule has 4 N–H and O–H groups in total. The second-order valence-electron chi connectivity index (χ2n) is 7.10. The van der Waals surface area contributed by atoms with Gasteiger partial charge in [0.15, 0.2) is 11.6 Å². The van der Waals surface area contributed by atoms with Crippen molar-refractivity contribution in [2.24, 2.45) is 12.8 Å². The van der Waals surface area contributed by atoms with Gasteiger partial charge in [-0.3, -0.25) is 23.9 Å². The van der Waals surface area contributed by atoms with Crippen molar-refractivity contribution in [1.82, 2.24) is 54.7 Å². The highest BCUT2D eigenvalue weighted by molar-refractivity contribution is 5.99. The van der Waals surface area contributed by atoms with Crippen LogP contribution >= 0.6 is 0 Å². The van der Waals surface area contributed by atoms with Crippen molar-refractivity contribution in [2.75, 3.05) is 0 Å². The van der Waals surface area contributed by atoms with Crippen LogP contribution in [-0.4, -0.2) is 65.7 Å². The number of carbonyl (C=O) groups excluding carboxylic acids is 1. The summed E-state index contributed by atoms with van der Waals surface area (Å²) in [5, 5.41) is 34.7. The standard InChI is InChI=1S/C18H18N12O2/c1-9-15(31)14(30(26-9)6-5-29-4-3-20-27-29)18-23-17(24-25-18)13-10-8-21-28(2)12(10)7-11(22-13)16(19)32/h3-4,7-8,31H,5-6H2,1-2H3,(H2,19,32)(H,23,24,25). The number of aromatic amines is 1. The first kappa shape index (κ1) is 19.3. The Morgan fingerprint density at radius 3 is 2.88 bits per heavy atom. The number of primary amides is 1. The van der Waals surface area contributed by atoms with Crippen LogP contribution in [0.1, 0.15) is 16.2 Å². The average Bonchev–Trinajstić information content (AvgIpc) is 3.55. The predicted molar refractivity (Wildman–Crippen MR) is 110 cm³/mol. The maximum Gasteiger partial charge on any atom is 0.267 e. The molecule has 0 aromatic carbocycles. The van der Waals surface area contributed by atoms with Crippen LogP contribution in [0.3, 0.4) is 0 Å². The SMILES string of the molecule is Cc1nn(CCn2ccnn2)c(-c2nc(-c3nc(C(N)=O)cc4c3cnn4C)n[nH]2)c1O. The summed E-state index contributed by atoms with van der Waals surface area (Å²) in [5.74, 6) is -0.177. The van der Waals surface area contributed by atoms with Crippen LogP contribution in [0.5, 0.6) is 5.75 Å². The fourth-order valence-corrected chi connectivity index (χ4v) is 3.43. The van der Waals surface area contributed by atoms with Gasteiger partial charge in [0.25, 0.3) is 5.91 Å². The Morgan fingerprint density at radius 2 is 2.12 bits per heavy atom. The number of aromatic nitrogens is 11. The Labute approximate surface area is 179 Å². The third-order valence-electron chi connectivity index (χ3n) is 5.03. The third kappa shape index (κ3) is 3.13. The van der Waals surface area contributed by atoms with Crippen molar-refractivity contribution in [1.29, 1.82) is 0 Å². The highest BCUT2D eigenvalue weighted by atomic mass is 16.3. The maximum atomic E-state index is 11.8. The van der Waals surface area contributed by atoms with Gasteiger partial charge in [-0.2, -0.15) is 15.3 Å². The molecule has 162 valence electrons. The van der Waals surface area contributed by atoms with Gasteiger partial charge in [0, 0.05) is 18.6 Å². The molecule has 5 aromatic rings. The quantitative estimate of drug-likeness (QED) is 0.331. The van der Waals surface area contributed by atoms with E-state index in [4.69, 9.17) is 5.73 Å². The molecule has 0 aliphatic heterocycles. The number of fused-ring (bicyclic) bond motifs is 1. The summed E-state index contributed by atoms with van der Waals surface area (Å²) in [4.78, 5) is 20.6. The molecule has 14 nitrogen and oxygen atoms in total. The smallest absolute Gasteiger partial charge is 0.267 e. The van der Waals surface area contributed by atoms with Gasteiger partial charge in [0.2, 0.25) is 5.82 Å². The number of nitrogens with zero attached hydrogens (tertiary/aromatic N) is 10. The van der Waals surface area contributed by atoms with Gasteiger partial charge in [0.1, 0.15) is 22.8 Å². The van der Waals surface area contributed by atoms with Crippen LogP contribution < -0.4 is 5.73 Å². The Kier molecular flexibility index (Phi) is 4.39. The molecule has 0 spiro atoms. The van der Waals surface area contributed by atoms with Gasteiger partial charge < -0.3 is 10.8 Å². The van der Waals surface area contributed by atoms with Crippen LogP contribution in [-0.2, 0) is 20.1 Å². The average molecular weight is 434 g/mol. The number of pyridine rings is 1. The largest absolute Gasteiger partial charge is 0.504 e. The zero-order chi connectivity index (χ0) is 22.4. The van der Waals surface area contributed by atoms with Gasteiger partial charge in [-0.25, -0.2) is 9.97 Å². The summed E-state index contributed by atoms with van der Waals surface area (Å²) in [6, 6.07) is 1.57. The van der Waals surface area contributed by atoms with E-state index in [1.54, 1.807) is 52.7 Å². The molecule has 0 unspecified atom stereocenters. The number of nitrogens with two attached hydrogens (primary N) is 1. The van der Waals surface area contributed by atoms with E-state index < -0.39 is 5.91 Å². The van der Waals surface area contributed by atoms with Crippen molar-refractivity contribution in [2.45, 2.75) is 20.0 Å². The second kappa shape index (κ2) is 7.26. The molecular weight excluding hydrogens is 416 g/mol. The molecule has 5 heterocycles. The topological polar surface area (TPSA) is 184 Å².